The normalized spacial score (nSPS) is 11.0. The highest BCUT2D eigenvalue weighted by molar-refractivity contribution is 5.83. The first-order valence-corrected chi connectivity index (χ1v) is 5.54. The molecule has 0 aliphatic heterocycles. The van der Waals surface area contributed by atoms with E-state index in [4.69, 9.17) is 5.11 Å². The number of aliphatic hydroxyl groups excluding tert-OH is 1. The highest BCUT2D eigenvalue weighted by Crippen LogP contribution is 2.13. The van der Waals surface area contributed by atoms with Crippen molar-refractivity contribution in [1.82, 2.24) is 10.6 Å². The molecule has 0 aromatic carbocycles. The SMILES string of the molecule is CNC(=O)C(C)(C)CNC(=O)CCCCO. The maximum absolute atomic E-state index is 11.4. The number of unbranched alkanes of at least 4 members (excludes halogenated alkanes) is 1. The summed E-state index contributed by atoms with van der Waals surface area (Å²) in [6.45, 7) is 3.99. The third-order valence-electron chi connectivity index (χ3n) is 2.38. The second kappa shape index (κ2) is 7.22. The van der Waals surface area contributed by atoms with E-state index in [1.807, 2.05) is 0 Å². The number of amides is 2. The summed E-state index contributed by atoms with van der Waals surface area (Å²) in [5.41, 5.74) is -0.596. The molecule has 0 fully saturated rings. The van der Waals surface area contributed by atoms with Gasteiger partial charge in [0.05, 0.1) is 5.41 Å². The highest BCUT2D eigenvalue weighted by atomic mass is 16.3. The van der Waals surface area contributed by atoms with Gasteiger partial charge in [-0.1, -0.05) is 0 Å². The Balaban J connectivity index is 3.86. The number of carbonyl (C=O) groups excluding carboxylic acids is 2. The molecule has 0 saturated heterocycles. The Morgan fingerprint density at radius 2 is 1.88 bits per heavy atom. The Labute approximate surface area is 96.6 Å². The van der Waals surface area contributed by atoms with E-state index in [1.165, 1.54) is 0 Å². The molecular formula is C11H22N2O3. The van der Waals surface area contributed by atoms with Gasteiger partial charge in [-0.2, -0.15) is 0 Å². The number of aliphatic hydroxyl groups is 1. The predicted molar refractivity (Wildman–Crippen MR) is 61.8 cm³/mol. The van der Waals surface area contributed by atoms with Crippen LogP contribution in [0.25, 0.3) is 0 Å². The summed E-state index contributed by atoms with van der Waals surface area (Å²) in [5.74, 6) is -0.173. The van der Waals surface area contributed by atoms with E-state index < -0.39 is 5.41 Å². The molecule has 5 heteroatoms. The molecule has 0 rings (SSSR count). The van der Waals surface area contributed by atoms with Crippen molar-refractivity contribution in [2.24, 2.45) is 5.41 Å². The Hall–Kier alpha value is -1.10. The predicted octanol–water partition coefficient (Wildman–Crippen LogP) is 0.0374. The lowest BCUT2D eigenvalue weighted by Crippen LogP contribution is -2.43. The van der Waals surface area contributed by atoms with E-state index in [-0.39, 0.29) is 18.4 Å². The molecule has 0 spiro atoms. The standard InChI is InChI=1S/C11H22N2O3/c1-11(2,10(16)12-3)8-13-9(15)6-4-5-7-14/h14H,4-8H2,1-3H3,(H,12,16)(H,13,15). The van der Waals surface area contributed by atoms with E-state index in [1.54, 1.807) is 20.9 Å². The van der Waals surface area contributed by atoms with Gasteiger partial charge in [-0.15, -0.1) is 0 Å². The molecule has 0 aromatic rings. The summed E-state index contributed by atoms with van der Waals surface area (Å²) in [5, 5.41) is 13.8. The number of carbonyl (C=O) groups is 2. The molecule has 0 aromatic heterocycles. The van der Waals surface area contributed by atoms with Gasteiger partial charge in [-0.25, -0.2) is 0 Å². The maximum atomic E-state index is 11.4. The molecule has 3 N–H and O–H groups in total. The number of nitrogens with one attached hydrogen (secondary N) is 2. The van der Waals surface area contributed by atoms with Crippen molar-refractivity contribution in [2.45, 2.75) is 33.1 Å². The van der Waals surface area contributed by atoms with Crippen molar-refractivity contribution in [2.75, 3.05) is 20.2 Å². The summed E-state index contributed by atoms with van der Waals surface area (Å²) in [6.07, 6.45) is 1.69. The van der Waals surface area contributed by atoms with Crippen LogP contribution in [-0.4, -0.2) is 37.1 Å². The maximum Gasteiger partial charge on any atom is 0.227 e. The minimum absolute atomic E-state index is 0.0783. The van der Waals surface area contributed by atoms with Gasteiger partial charge >= 0.3 is 0 Å². The second-order valence-corrected chi connectivity index (χ2v) is 4.42. The van der Waals surface area contributed by atoms with Crippen LogP contribution in [0.4, 0.5) is 0 Å². The second-order valence-electron chi connectivity index (χ2n) is 4.42. The molecule has 0 radical (unpaired) electrons. The number of hydrogen-bond donors (Lipinski definition) is 3. The van der Waals surface area contributed by atoms with Gasteiger partial charge in [0.1, 0.15) is 0 Å². The van der Waals surface area contributed by atoms with Crippen LogP contribution in [0, 0.1) is 5.41 Å². The molecular weight excluding hydrogens is 208 g/mol. The summed E-state index contributed by atoms with van der Waals surface area (Å²) < 4.78 is 0. The van der Waals surface area contributed by atoms with Gasteiger partial charge in [-0.3, -0.25) is 9.59 Å². The van der Waals surface area contributed by atoms with Gasteiger partial charge in [0.25, 0.3) is 0 Å². The first-order chi connectivity index (χ1) is 7.44. The van der Waals surface area contributed by atoms with E-state index in [9.17, 15) is 9.59 Å². The quantitative estimate of drug-likeness (QED) is 0.540. The lowest BCUT2D eigenvalue weighted by Gasteiger charge is -2.22. The van der Waals surface area contributed by atoms with E-state index in [2.05, 4.69) is 10.6 Å². The Morgan fingerprint density at radius 1 is 1.25 bits per heavy atom. The van der Waals surface area contributed by atoms with Crippen LogP contribution in [0.15, 0.2) is 0 Å². The van der Waals surface area contributed by atoms with Gasteiger partial charge in [0.15, 0.2) is 0 Å². The molecule has 0 aliphatic carbocycles. The first-order valence-electron chi connectivity index (χ1n) is 5.54. The Morgan fingerprint density at radius 3 is 2.38 bits per heavy atom. The van der Waals surface area contributed by atoms with Crippen LogP contribution in [-0.2, 0) is 9.59 Å². The fourth-order valence-corrected chi connectivity index (χ4v) is 1.22. The molecule has 16 heavy (non-hydrogen) atoms. The fourth-order valence-electron chi connectivity index (χ4n) is 1.22. The van der Waals surface area contributed by atoms with Crippen molar-refractivity contribution in [3.8, 4) is 0 Å². The molecule has 0 atom stereocenters. The van der Waals surface area contributed by atoms with E-state index >= 15 is 0 Å². The van der Waals surface area contributed by atoms with Crippen LogP contribution in [0.1, 0.15) is 33.1 Å². The lowest BCUT2D eigenvalue weighted by atomic mass is 9.92. The molecule has 0 saturated carbocycles. The zero-order valence-corrected chi connectivity index (χ0v) is 10.3. The minimum Gasteiger partial charge on any atom is -0.396 e. The molecule has 2 amide bonds. The van der Waals surface area contributed by atoms with Crippen molar-refractivity contribution in [3.63, 3.8) is 0 Å². The molecule has 0 heterocycles. The van der Waals surface area contributed by atoms with Gasteiger partial charge in [-0.05, 0) is 26.7 Å². The highest BCUT2D eigenvalue weighted by Gasteiger charge is 2.26. The number of rotatable bonds is 7. The fraction of sp³-hybridized carbons (Fsp3) is 0.818. The summed E-state index contributed by atoms with van der Waals surface area (Å²) in [6, 6.07) is 0. The van der Waals surface area contributed by atoms with Gasteiger partial charge in [0.2, 0.25) is 11.8 Å². The van der Waals surface area contributed by atoms with Crippen LogP contribution in [0.3, 0.4) is 0 Å². The van der Waals surface area contributed by atoms with Crippen molar-refractivity contribution in [1.29, 1.82) is 0 Å². The zero-order valence-electron chi connectivity index (χ0n) is 10.3. The summed E-state index contributed by atoms with van der Waals surface area (Å²) in [7, 11) is 1.58. The minimum atomic E-state index is -0.596. The largest absolute Gasteiger partial charge is 0.396 e. The molecule has 5 nitrogen and oxygen atoms in total. The first kappa shape index (κ1) is 14.9. The monoisotopic (exact) mass is 230 g/mol. The van der Waals surface area contributed by atoms with Crippen LogP contribution in [0.2, 0.25) is 0 Å². The van der Waals surface area contributed by atoms with Crippen LogP contribution < -0.4 is 10.6 Å². The summed E-state index contributed by atoms with van der Waals surface area (Å²) >= 11 is 0. The molecule has 0 aliphatic rings. The molecule has 0 bridgehead atoms. The average Bonchev–Trinajstić information content (AvgIpc) is 2.25. The zero-order chi connectivity index (χ0) is 12.6. The topological polar surface area (TPSA) is 78.4 Å². The van der Waals surface area contributed by atoms with Crippen molar-refractivity contribution >= 4 is 11.8 Å². The third-order valence-corrected chi connectivity index (χ3v) is 2.38. The molecule has 0 unspecified atom stereocenters. The third kappa shape index (κ3) is 5.70. The number of hydrogen-bond acceptors (Lipinski definition) is 3. The Bertz CT molecular complexity index is 239. The average molecular weight is 230 g/mol. The van der Waals surface area contributed by atoms with Crippen LogP contribution >= 0.6 is 0 Å². The van der Waals surface area contributed by atoms with Crippen molar-refractivity contribution < 1.29 is 14.7 Å². The lowest BCUT2D eigenvalue weighted by molar-refractivity contribution is -0.129. The van der Waals surface area contributed by atoms with Gasteiger partial charge < -0.3 is 15.7 Å². The van der Waals surface area contributed by atoms with E-state index in [0.717, 1.165) is 0 Å². The Kier molecular flexibility index (Phi) is 6.72. The molecule has 94 valence electrons. The van der Waals surface area contributed by atoms with Gasteiger partial charge in [0, 0.05) is 26.6 Å². The smallest absolute Gasteiger partial charge is 0.227 e. The van der Waals surface area contributed by atoms with E-state index in [0.29, 0.717) is 25.8 Å². The van der Waals surface area contributed by atoms with Crippen LogP contribution in [0.5, 0.6) is 0 Å². The van der Waals surface area contributed by atoms with Crippen molar-refractivity contribution in [3.05, 3.63) is 0 Å². The summed E-state index contributed by atoms with van der Waals surface area (Å²) in [4.78, 5) is 22.8.